The van der Waals surface area contributed by atoms with Gasteiger partial charge >= 0.3 is 0 Å². The molecule has 90 valence electrons. The molecule has 7 nitrogen and oxygen atoms in total. The lowest BCUT2D eigenvalue weighted by Gasteiger charge is -2.14. The third-order valence-corrected chi connectivity index (χ3v) is 3.27. The first-order chi connectivity index (χ1) is 7.16. The summed E-state index contributed by atoms with van der Waals surface area (Å²) < 4.78 is 30.2. The first-order valence-electron chi connectivity index (χ1n) is 4.53. The van der Waals surface area contributed by atoms with Gasteiger partial charge in [-0.1, -0.05) is 13.8 Å². The molecule has 1 unspecified atom stereocenters. The van der Waals surface area contributed by atoms with Gasteiger partial charge in [-0.2, -0.15) is 8.42 Å². The smallest absolute Gasteiger partial charge is 0.277 e. The third-order valence-electron chi connectivity index (χ3n) is 2.18. The third kappa shape index (κ3) is 2.12. The Hall–Kier alpha value is -1.28. The summed E-state index contributed by atoms with van der Waals surface area (Å²) >= 11 is 0. The quantitative estimate of drug-likeness (QED) is 0.506. The minimum Gasteiger partial charge on any atom is -0.285 e. The minimum atomic E-state index is -4.64. The van der Waals surface area contributed by atoms with Crippen LogP contribution >= 0.6 is 0 Å². The van der Waals surface area contributed by atoms with E-state index in [1.165, 1.54) is 13.8 Å². The predicted octanol–water partition coefficient (Wildman–Crippen LogP) is -0.816. The molecule has 1 atom stereocenters. The van der Waals surface area contributed by atoms with Crippen LogP contribution in [0.4, 0.5) is 0 Å². The lowest BCUT2D eigenvalue weighted by atomic mass is 10.2. The average molecular weight is 249 g/mol. The number of likely N-dealkylation sites (tertiary alicyclic amines) is 1. The summed E-state index contributed by atoms with van der Waals surface area (Å²) in [4.78, 5) is 34.5. The Morgan fingerprint density at radius 1 is 1.44 bits per heavy atom. The molecule has 1 saturated heterocycles. The van der Waals surface area contributed by atoms with Crippen LogP contribution in [0.5, 0.6) is 0 Å². The van der Waals surface area contributed by atoms with Crippen molar-refractivity contribution in [1.82, 2.24) is 4.90 Å². The van der Waals surface area contributed by atoms with Crippen LogP contribution in [0, 0.1) is 5.92 Å². The molecule has 1 aliphatic heterocycles. The van der Waals surface area contributed by atoms with Crippen LogP contribution in [0.1, 0.15) is 20.3 Å². The summed E-state index contributed by atoms with van der Waals surface area (Å²) in [6.45, 7) is 2.95. The molecule has 0 aromatic rings. The van der Waals surface area contributed by atoms with Gasteiger partial charge in [-0.3, -0.25) is 18.9 Å². The number of carbonyl (C=O) groups is 3. The first kappa shape index (κ1) is 12.8. The van der Waals surface area contributed by atoms with E-state index in [1.54, 1.807) is 0 Å². The largest absolute Gasteiger partial charge is 0.285 e. The zero-order valence-corrected chi connectivity index (χ0v) is 9.52. The van der Waals surface area contributed by atoms with E-state index in [1.807, 2.05) is 0 Å². The number of rotatable bonds is 2. The molecule has 0 aliphatic carbocycles. The summed E-state index contributed by atoms with van der Waals surface area (Å²) in [5, 5.41) is -1.84. The molecular formula is C8H11NO6S. The Bertz CT molecular complexity index is 451. The van der Waals surface area contributed by atoms with Gasteiger partial charge in [0.05, 0.1) is 6.42 Å². The molecule has 0 aromatic carbocycles. The lowest BCUT2D eigenvalue weighted by Crippen LogP contribution is -2.41. The van der Waals surface area contributed by atoms with Crippen molar-refractivity contribution in [2.24, 2.45) is 5.92 Å². The van der Waals surface area contributed by atoms with Crippen LogP contribution in [-0.4, -0.2) is 40.8 Å². The molecule has 1 rings (SSSR count). The van der Waals surface area contributed by atoms with Crippen LogP contribution in [0.2, 0.25) is 0 Å². The van der Waals surface area contributed by atoms with E-state index in [-0.39, 0.29) is 0 Å². The molecule has 1 heterocycles. The Morgan fingerprint density at radius 2 is 1.94 bits per heavy atom. The highest BCUT2D eigenvalue weighted by Crippen LogP contribution is 2.21. The van der Waals surface area contributed by atoms with E-state index in [0.29, 0.717) is 4.90 Å². The maximum Gasteiger partial charge on any atom is 0.277 e. The van der Waals surface area contributed by atoms with E-state index in [0.717, 1.165) is 0 Å². The van der Waals surface area contributed by atoms with E-state index in [2.05, 4.69) is 0 Å². The van der Waals surface area contributed by atoms with Crippen molar-refractivity contribution in [3.8, 4) is 0 Å². The Kier molecular flexibility index (Phi) is 3.15. The van der Waals surface area contributed by atoms with Crippen LogP contribution in [0.25, 0.3) is 0 Å². The highest BCUT2D eigenvalue weighted by Gasteiger charge is 2.48. The predicted molar refractivity (Wildman–Crippen MR) is 51.7 cm³/mol. The van der Waals surface area contributed by atoms with Gasteiger partial charge in [0.15, 0.2) is 5.25 Å². The SMILES string of the molecule is CC(C)C(=O)N1C(=O)CC(S(=O)(=O)O)C1=O. The molecular weight excluding hydrogens is 238 g/mol. The maximum atomic E-state index is 11.5. The summed E-state index contributed by atoms with van der Waals surface area (Å²) in [6, 6.07) is 0. The normalized spacial score (nSPS) is 22.0. The van der Waals surface area contributed by atoms with E-state index in [9.17, 15) is 22.8 Å². The van der Waals surface area contributed by atoms with E-state index >= 15 is 0 Å². The van der Waals surface area contributed by atoms with Crippen molar-refractivity contribution in [3.63, 3.8) is 0 Å². The minimum absolute atomic E-state index is 0.295. The molecule has 0 radical (unpaired) electrons. The standard InChI is InChI=1S/C8H11NO6S/c1-4(2)7(11)9-6(10)3-5(8(9)12)16(13,14)15/h4-5H,3H2,1-2H3,(H,13,14,15). The molecule has 0 spiro atoms. The number of hydrogen-bond acceptors (Lipinski definition) is 5. The second-order valence-corrected chi connectivity index (χ2v) is 5.37. The second-order valence-electron chi connectivity index (χ2n) is 3.77. The van der Waals surface area contributed by atoms with E-state index in [4.69, 9.17) is 4.55 Å². The van der Waals surface area contributed by atoms with Crippen molar-refractivity contribution in [2.45, 2.75) is 25.5 Å². The fraction of sp³-hybridized carbons (Fsp3) is 0.625. The molecule has 3 amide bonds. The molecule has 8 heteroatoms. The summed E-state index contributed by atoms with van der Waals surface area (Å²) in [7, 11) is -4.64. The summed E-state index contributed by atoms with van der Waals surface area (Å²) in [5.41, 5.74) is 0. The van der Waals surface area contributed by atoms with Gasteiger partial charge < -0.3 is 0 Å². The van der Waals surface area contributed by atoms with Gasteiger partial charge in [-0.25, -0.2) is 4.90 Å². The topological polar surface area (TPSA) is 109 Å². The van der Waals surface area contributed by atoms with Crippen molar-refractivity contribution in [2.75, 3.05) is 0 Å². The number of imide groups is 3. The lowest BCUT2D eigenvalue weighted by molar-refractivity contribution is -0.151. The monoisotopic (exact) mass is 249 g/mol. The summed E-state index contributed by atoms with van der Waals surface area (Å²) in [5.74, 6) is -3.44. The van der Waals surface area contributed by atoms with Crippen LogP contribution in [0.15, 0.2) is 0 Å². The van der Waals surface area contributed by atoms with Crippen LogP contribution in [0.3, 0.4) is 0 Å². The molecule has 1 aliphatic rings. The molecule has 0 aromatic heterocycles. The number of carbonyl (C=O) groups excluding carboxylic acids is 3. The zero-order chi connectivity index (χ0) is 12.7. The highest BCUT2D eigenvalue weighted by atomic mass is 32.2. The van der Waals surface area contributed by atoms with Crippen molar-refractivity contribution in [3.05, 3.63) is 0 Å². The average Bonchev–Trinajstić information content (AvgIpc) is 2.40. The van der Waals surface area contributed by atoms with Gasteiger partial charge in [-0.05, 0) is 0 Å². The second kappa shape index (κ2) is 3.95. The summed E-state index contributed by atoms with van der Waals surface area (Å²) in [6.07, 6.45) is -0.684. The van der Waals surface area contributed by atoms with Crippen molar-refractivity contribution < 1.29 is 27.4 Å². The highest BCUT2D eigenvalue weighted by molar-refractivity contribution is 7.87. The van der Waals surface area contributed by atoms with Gasteiger partial charge in [0.25, 0.3) is 16.0 Å². The molecule has 0 saturated carbocycles. The van der Waals surface area contributed by atoms with Gasteiger partial charge in [-0.15, -0.1) is 0 Å². The first-order valence-corrected chi connectivity index (χ1v) is 6.03. The molecule has 0 bridgehead atoms. The fourth-order valence-corrected chi connectivity index (χ4v) is 2.04. The molecule has 1 fully saturated rings. The van der Waals surface area contributed by atoms with Crippen LogP contribution < -0.4 is 0 Å². The molecule has 16 heavy (non-hydrogen) atoms. The fourth-order valence-electron chi connectivity index (χ4n) is 1.33. The Labute approximate surface area is 92.2 Å². The Morgan fingerprint density at radius 3 is 2.25 bits per heavy atom. The van der Waals surface area contributed by atoms with Gasteiger partial charge in [0.1, 0.15) is 0 Å². The van der Waals surface area contributed by atoms with Gasteiger partial charge in [0, 0.05) is 5.92 Å². The number of hydrogen-bond donors (Lipinski definition) is 1. The number of amides is 3. The molecule has 1 N–H and O–H groups in total. The van der Waals surface area contributed by atoms with Crippen molar-refractivity contribution in [1.29, 1.82) is 0 Å². The number of nitrogens with zero attached hydrogens (tertiary/aromatic N) is 1. The van der Waals surface area contributed by atoms with E-state index < -0.39 is 45.4 Å². The van der Waals surface area contributed by atoms with Crippen molar-refractivity contribution >= 4 is 27.8 Å². The Balaban J connectivity index is 3.06. The van der Waals surface area contributed by atoms with Crippen LogP contribution in [-0.2, 0) is 24.5 Å². The zero-order valence-electron chi connectivity index (χ0n) is 8.71. The maximum absolute atomic E-state index is 11.5. The van der Waals surface area contributed by atoms with Gasteiger partial charge in [0.2, 0.25) is 11.8 Å².